The lowest BCUT2D eigenvalue weighted by Crippen LogP contribution is -2.34. The lowest BCUT2D eigenvalue weighted by molar-refractivity contribution is -0.148. The number of hydrogen-bond acceptors (Lipinski definition) is 6. The molecule has 0 heterocycles. The molecule has 0 aromatic rings. The van der Waals surface area contributed by atoms with Crippen LogP contribution in [-0.4, -0.2) is 40.9 Å². The van der Waals surface area contributed by atoms with Gasteiger partial charge in [-0.15, -0.1) is 0 Å². The van der Waals surface area contributed by atoms with Gasteiger partial charge in [-0.1, -0.05) is 0 Å². The fourth-order valence-corrected chi connectivity index (χ4v) is 0.628. The Hall–Kier alpha value is -1.79. The molecule has 0 amide bonds. The molecule has 0 atom stereocenters. The van der Waals surface area contributed by atoms with Crippen LogP contribution in [0.4, 0.5) is 0 Å². The van der Waals surface area contributed by atoms with E-state index in [-0.39, 0.29) is 6.61 Å². The van der Waals surface area contributed by atoms with Gasteiger partial charge >= 0.3 is 11.9 Å². The molecule has 0 fully saturated rings. The third kappa shape index (κ3) is 4.71. The minimum Gasteiger partial charge on any atom is -0.479 e. The van der Waals surface area contributed by atoms with E-state index in [1.807, 2.05) is 0 Å². The summed E-state index contributed by atoms with van der Waals surface area (Å²) in [6.45, 7) is 5.52. The summed E-state index contributed by atoms with van der Waals surface area (Å²) >= 11 is 0. The Bertz CT molecular complexity index is 347. The first-order valence-corrected chi connectivity index (χ1v) is 4.97. The molecular formula is C10H17N3O4. The summed E-state index contributed by atoms with van der Waals surface area (Å²) in [7, 11) is 0. The van der Waals surface area contributed by atoms with Crippen molar-refractivity contribution in [3.8, 4) is 0 Å². The summed E-state index contributed by atoms with van der Waals surface area (Å²) in [4.78, 5) is 22.3. The van der Waals surface area contributed by atoms with Gasteiger partial charge in [0.05, 0.1) is 0 Å². The highest BCUT2D eigenvalue weighted by molar-refractivity contribution is 5.81. The van der Waals surface area contributed by atoms with Gasteiger partial charge in [0.25, 0.3) is 0 Å². The first-order chi connectivity index (χ1) is 7.63. The smallest absolute Gasteiger partial charge is 0.335 e. The Labute approximate surface area is 99.4 Å². The Morgan fingerprint density at radius 1 is 1.24 bits per heavy atom. The van der Waals surface area contributed by atoms with Crippen molar-refractivity contribution < 1.29 is 19.4 Å². The second-order valence-corrected chi connectivity index (χ2v) is 4.43. The number of azo groups is 1. The number of nitrogens with zero attached hydrogens (tertiary/aromatic N) is 2. The molecule has 0 bridgehead atoms. The number of esters is 1. The molecule has 0 aromatic carbocycles. The molecule has 0 aromatic heterocycles. The van der Waals surface area contributed by atoms with Crippen LogP contribution in [0.3, 0.4) is 0 Å². The first kappa shape index (κ1) is 15.2. The van der Waals surface area contributed by atoms with E-state index in [0.717, 1.165) is 6.21 Å². The highest BCUT2D eigenvalue weighted by Gasteiger charge is 2.32. The minimum atomic E-state index is -1.39. The molecule has 96 valence electrons. The predicted molar refractivity (Wildman–Crippen MR) is 60.4 cm³/mol. The molecule has 0 spiro atoms. The summed E-state index contributed by atoms with van der Waals surface area (Å²) in [5.74, 6) is -1.80. The van der Waals surface area contributed by atoms with Gasteiger partial charge < -0.3 is 15.3 Å². The molecular weight excluding hydrogens is 226 g/mol. The normalized spacial score (nSPS) is 12.5. The highest BCUT2D eigenvalue weighted by atomic mass is 16.5. The topological polar surface area (TPSA) is 112 Å². The van der Waals surface area contributed by atoms with Crippen molar-refractivity contribution in [2.24, 2.45) is 10.2 Å². The molecule has 0 unspecified atom stereocenters. The van der Waals surface area contributed by atoms with Crippen LogP contribution >= 0.6 is 0 Å². The molecule has 7 heteroatoms. The number of carboxylic acid groups (broad SMARTS) is 1. The van der Waals surface area contributed by atoms with E-state index in [9.17, 15) is 9.59 Å². The minimum absolute atomic E-state index is 0.139. The van der Waals surface area contributed by atoms with Crippen LogP contribution in [0.2, 0.25) is 0 Å². The zero-order valence-electron chi connectivity index (χ0n) is 10.4. The average molecular weight is 243 g/mol. The van der Waals surface area contributed by atoms with Crippen LogP contribution in [0, 0.1) is 5.41 Å². The maximum absolute atomic E-state index is 11.5. The summed E-state index contributed by atoms with van der Waals surface area (Å²) in [5.41, 5.74) is -2.66. The van der Waals surface area contributed by atoms with Crippen molar-refractivity contribution in [1.82, 2.24) is 0 Å². The summed E-state index contributed by atoms with van der Waals surface area (Å²) < 4.78 is 4.70. The third-order valence-electron chi connectivity index (χ3n) is 1.87. The van der Waals surface area contributed by atoms with E-state index in [0.29, 0.717) is 0 Å². The largest absolute Gasteiger partial charge is 0.479 e. The van der Waals surface area contributed by atoms with Crippen molar-refractivity contribution in [2.75, 3.05) is 6.61 Å². The maximum atomic E-state index is 11.5. The van der Waals surface area contributed by atoms with Crippen LogP contribution in [0.5, 0.6) is 0 Å². The quantitative estimate of drug-likeness (QED) is 0.415. The van der Waals surface area contributed by atoms with E-state index in [1.165, 1.54) is 27.7 Å². The number of carboxylic acids is 1. The Balaban J connectivity index is 4.74. The fraction of sp³-hybridized carbons (Fsp3) is 0.700. The van der Waals surface area contributed by atoms with Gasteiger partial charge in [-0.2, -0.15) is 10.2 Å². The number of ether oxygens (including phenoxy) is 1. The van der Waals surface area contributed by atoms with Gasteiger partial charge in [-0.05, 0) is 27.7 Å². The molecule has 17 heavy (non-hydrogen) atoms. The Kier molecular flexibility index (Phi) is 4.93. The van der Waals surface area contributed by atoms with Gasteiger partial charge in [0.15, 0.2) is 11.1 Å². The average Bonchev–Trinajstić information content (AvgIpc) is 2.23. The highest BCUT2D eigenvalue weighted by Crippen LogP contribution is 2.17. The van der Waals surface area contributed by atoms with Crippen LogP contribution in [0.15, 0.2) is 10.2 Å². The van der Waals surface area contributed by atoms with E-state index in [4.69, 9.17) is 15.3 Å². The molecule has 2 N–H and O–H groups in total. The van der Waals surface area contributed by atoms with Gasteiger partial charge in [-0.25, -0.2) is 9.59 Å². The van der Waals surface area contributed by atoms with Crippen molar-refractivity contribution in [2.45, 2.75) is 38.8 Å². The van der Waals surface area contributed by atoms with Crippen LogP contribution in [0.25, 0.3) is 0 Å². The van der Waals surface area contributed by atoms with Gasteiger partial charge in [-0.3, -0.25) is 0 Å². The number of carbonyl (C=O) groups is 2. The van der Waals surface area contributed by atoms with Gasteiger partial charge in [0, 0.05) is 6.21 Å². The molecule has 7 nitrogen and oxygen atoms in total. The van der Waals surface area contributed by atoms with Crippen molar-refractivity contribution in [3.05, 3.63) is 0 Å². The lowest BCUT2D eigenvalue weighted by Gasteiger charge is -2.18. The molecule has 0 rings (SSSR count). The number of hydrogen-bond donors (Lipinski definition) is 2. The second kappa shape index (κ2) is 5.51. The fourth-order valence-electron chi connectivity index (χ4n) is 0.628. The second-order valence-electron chi connectivity index (χ2n) is 4.43. The van der Waals surface area contributed by atoms with E-state index < -0.39 is 23.0 Å². The molecule has 0 saturated heterocycles. The van der Waals surface area contributed by atoms with E-state index >= 15 is 0 Å². The maximum Gasteiger partial charge on any atom is 0.335 e. The zero-order chi connectivity index (χ0) is 13.7. The van der Waals surface area contributed by atoms with Crippen molar-refractivity contribution >= 4 is 18.2 Å². The van der Waals surface area contributed by atoms with Crippen LogP contribution in [-0.2, 0) is 14.3 Å². The first-order valence-electron chi connectivity index (χ1n) is 4.97. The third-order valence-corrected chi connectivity index (χ3v) is 1.87. The lowest BCUT2D eigenvalue weighted by atomic mass is 10.1. The SMILES string of the molecule is CC(C)(N=NC(C)(C)C(=O)OCC=N)C(=O)O. The van der Waals surface area contributed by atoms with Crippen molar-refractivity contribution in [1.29, 1.82) is 5.41 Å². The Morgan fingerprint density at radius 2 is 1.71 bits per heavy atom. The Morgan fingerprint density at radius 3 is 2.12 bits per heavy atom. The van der Waals surface area contributed by atoms with E-state index in [1.54, 1.807) is 0 Å². The number of rotatable bonds is 6. The summed E-state index contributed by atoms with van der Waals surface area (Å²) in [6, 6.07) is 0. The molecule has 0 radical (unpaired) electrons. The summed E-state index contributed by atoms with van der Waals surface area (Å²) in [5, 5.41) is 22.9. The number of carbonyl (C=O) groups excluding carboxylic acids is 1. The number of nitrogens with one attached hydrogen (secondary N) is 1. The monoisotopic (exact) mass is 243 g/mol. The number of aliphatic carboxylic acids is 1. The molecule has 0 saturated carbocycles. The van der Waals surface area contributed by atoms with Gasteiger partial charge in [0.2, 0.25) is 0 Å². The van der Waals surface area contributed by atoms with Crippen LogP contribution in [0.1, 0.15) is 27.7 Å². The zero-order valence-corrected chi connectivity index (χ0v) is 10.4. The van der Waals surface area contributed by atoms with E-state index in [2.05, 4.69) is 10.2 Å². The van der Waals surface area contributed by atoms with Crippen molar-refractivity contribution in [3.63, 3.8) is 0 Å². The molecule has 0 aliphatic rings. The predicted octanol–water partition coefficient (Wildman–Crippen LogP) is 1.27. The summed E-state index contributed by atoms with van der Waals surface area (Å²) in [6.07, 6.45) is 0.937. The molecule has 0 aliphatic carbocycles. The molecule has 0 aliphatic heterocycles. The van der Waals surface area contributed by atoms with Gasteiger partial charge in [0.1, 0.15) is 6.61 Å². The standard InChI is InChI=1S/C10H17N3O4/c1-9(2,7(14)15)12-13-10(3,4)8(16)17-6-5-11/h5,11H,6H2,1-4H3,(H,14,15). The van der Waals surface area contributed by atoms with Crippen LogP contribution < -0.4 is 0 Å².